The summed E-state index contributed by atoms with van der Waals surface area (Å²) >= 11 is 0. The fraction of sp³-hybridized carbons (Fsp3) is 0.556. The molecule has 0 amide bonds. The molecule has 0 spiro atoms. The number of hydrogen-bond acceptors (Lipinski definition) is 6. The summed E-state index contributed by atoms with van der Waals surface area (Å²) in [4.78, 5) is 14.5. The van der Waals surface area contributed by atoms with Gasteiger partial charge in [-0.05, 0) is 26.3 Å². The van der Waals surface area contributed by atoms with Gasteiger partial charge in [-0.15, -0.1) is 0 Å². The van der Waals surface area contributed by atoms with Crippen molar-refractivity contribution in [3.63, 3.8) is 0 Å². The minimum absolute atomic E-state index is 0.376. The predicted molar refractivity (Wildman–Crippen MR) is 103 cm³/mol. The van der Waals surface area contributed by atoms with Crippen LogP contribution in [0.25, 0.3) is 4.85 Å². The predicted octanol–water partition coefficient (Wildman–Crippen LogP) is 2.79. The SMILES string of the molecule is [C-]#[N+]CCN1CCC[C@@H]1CNc1nc(Nc2cnn(CC(F)F)c2)ncc1C. The maximum absolute atomic E-state index is 12.4. The molecule has 8 nitrogen and oxygen atoms in total. The van der Waals surface area contributed by atoms with Gasteiger partial charge in [0.05, 0.1) is 18.4 Å². The lowest BCUT2D eigenvalue weighted by atomic mass is 10.2. The topological polar surface area (TPSA) is 75.3 Å². The Morgan fingerprint density at radius 3 is 3.04 bits per heavy atom. The Morgan fingerprint density at radius 1 is 1.39 bits per heavy atom. The zero-order valence-corrected chi connectivity index (χ0v) is 15.8. The summed E-state index contributed by atoms with van der Waals surface area (Å²) in [5.74, 6) is 1.11. The van der Waals surface area contributed by atoms with Crippen LogP contribution in [0.2, 0.25) is 0 Å². The molecule has 3 rings (SSSR count). The van der Waals surface area contributed by atoms with Gasteiger partial charge in [0.25, 0.3) is 6.43 Å². The van der Waals surface area contributed by atoms with E-state index in [0.717, 1.165) is 43.9 Å². The number of nitrogens with zero attached hydrogens (tertiary/aromatic N) is 6. The molecule has 3 heterocycles. The third kappa shape index (κ3) is 5.36. The summed E-state index contributed by atoms with van der Waals surface area (Å²) in [7, 11) is 0. The number of halogens is 2. The average molecular weight is 390 g/mol. The first-order valence-electron chi connectivity index (χ1n) is 9.27. The Balaban J connectivity index is 1.60. The molecule has 2 aromatic heterocycles. The lowest BCUT2D eigenvalue weighted by molar-refractivity contribution is 0.122. The van der Waals surface area contributed by atoms with Gasteiger partial charge in [0, 0.05) is 30.5 Å². The summed E-state index contributed by atoms with van der Waals surface area (Å²) < 4.78 is 26.0. The van der Waals surface area contributed by atoms with Crippen LogP contribution in [0.1, 0.15) is 18.4 Å². The maximum atomic E-state index is 12.4. The maximum Gasteiger partial charge on any atom is 0.257 e. The number of aryl methyl sites for hydroxylation is 1. The molecule has 0 saturated carbocycles. The summed E-state index contributed by atoms with van der Waals surface area (Å²) in [6, 6.07) is 0.389. The molecule has 150 valence electrons. The van der Waals surface area contributed by atoms with Crippen molar-refractivity contribution in [3.8, 4) is 0 Å². The van der Waals surface area contributed by atoms with Gasteiger partial charge in [0.1, 0.15) is 12.4 Å². The Labute approximate surface area is 162 Å². The number of hydrogen-bond donors (Lipinski definition) is 2. The fourth-order valence-electron chi connectivity index (χ4n) is 3.29. The molecule has 0 bridgehead atoms. The van der Waals surface area contributed by atoms with E-state index >= 15 is 0 Å². The second kappa shape index (κ2) is 9.41. The van der Waals surface area contributed by atoms with Crippen molar-refractivity contribution in [3.05, 3.63) is 35.6 Å². The minimum atomic E-state index is -2.45. The van der Waals surface area contributed by atoms with E-state index in [9.17, 15) is 8.78 Å². The Bertz CT molecular complexity index is 816. The molecule has 0 radical (unpaired) electrons. The second-order valence-electron chi connectivity index (χ2n) is 6.79. The molecule has 1 aliphatic heterocycles. The van der Waals surface area contributed by atoms with Crippen LogP contribution in [0.5, 0.6) is 0 Å². The van der Waals surface area contributed by atoms with Crippen molar-refractivity contribution in [2.75, 3.05) is 36.8 Å². The highest BCUT2D eigenvalue weighted by molar-refractivity contribution is 5.54. The normalized spacial score (nSPS) is 17.0. The minimum Gasteiger partial charge on any atom is -0.368 e. The molecule has 2 aromatic rings. The highest BCUT2D eigenvalue weighted by Crippen LogP contribution is 2.20. The van der Waals surface area contributed by atoms with Crippen LogP contribution >= 0.6 is 0 Å². The van der Waals surface area contributed by atoms with Crippen LogP contribution in [-0.4, -0.2) is 63.3 Å². The third-order valence-electron chi connectivity index (χ3n) is 4.69. The monoisotopic (exact) mass is 390 g/mol. The Hall–Kier alpha value is -2.80. The molecule has 10 heteroatoms. The molecule has 2 N–H and O–H groups in total. The smallest absolute Gasteiger partial charge is 0.257 e. The molecule has 0 aliphatic carbocycles. The number of alkyl halides is 2. The lowest BCUT2D eigenvalue weighted by Gasteiger charge is -2.23. The van der Waals surface area contributed by atoms with Gasteiger partial charge >= 0.3 is 0 Å². The van der Waals surface area contributed by atoms with Gasteiger partial charge in [-0.2, -0.15) is 10.1 Å². The Morgan fingerprint density at radius 2 is 2.25 bits per heavy atom. The summed E-state index contributed by atoms with van der Waals surface area (Å²) in [6.07, 6.45) is 4.46. The standard InChI is InChI=1S/C18H24F2N8/c1-13-8-23-18(25-14-9-24-28(11-14)12-16(19)20)26-17(13)22-10-15-4-3-6-27(15)7-5-21-2/h8-9,11,15-16H,3-7,10,12H2,1H3,(H2,22,23,25,26)/t15-/m1/s1. The van der Waals surface area contributed by atoms with Gasteiger partial charge in [-0.1, -0.05) is 0 Å². The summed E-state index contributed by atoms with van der Waals surface area (Å²) in [6.45, 7) is 11.5. The largest absolute Gasteiger partial charge is 0.368 e. The number of likely N-dealkylation sites (tertiary alicyclic amines) is 1. The number of nitrogens with one attached hydrogen (secondary N) is 2. The van der Waals surface area contributed by atoms with E-state index in [4.69, 9.17) is 6.57 Å². The molecule has 1 atom stereocenters. The molecule has 1 aliphatic rings. The van der Waals surface area contributed by atoms with E-state index in [2.05, 4.69) is 35.4 Å². The molecule has 1 saturated heterocycles. The highest BCUT2D eigenvalue weighted by Gasteiger charge is 2.24. The molecule has 1 fully saturated rings. The van der Waals surface area contributed by atoms with E-state index in [1.807, 2.05) is 6.92 Å². The number of aromatic nitrogens is 4. The summed E-state index contributed by atoms with van der Waals surface area (Å²) in [5.41, 5.74) is 1.47. The van der Waals surface area contributed by atoms with Crippen LogP contribution < -0.4 is 10.6 Å². The van der Waals surface area contributed by atoms with Crippen LogP contribution in [0.3, 0.4) is 0 Å². The molecule has 0 unspecified atom stereocenters. The summed E-state index contributed by atoms with van der Waals surface area (Å²) in [5, 5.41) is 10.3. The van der Waals surface area contributed by atoms with Crippen molar-refractivity contribution in [1.82, 2.24) is 24.6 Å². The van der Waals surface area contributed by atoms with E-state index in [1.165, 1.54) is 17.1 Å². The number of anilines is 3. The zero-order chi connectivity index (χ0) is 19.9. The van der Waals surface area contributed by atoms with Gasteiger partial charge in [-0.25, -0.2) is 20.3 Å². The quantitative estimate of drug-likeness (QED) is 0.642. The van der Waals surface area contributed by atoms with Gasteiger partial charge in [-0.3, -0.25) is 9.58 Å². The van der Waals surface area contributed by atoms with E-state index in [0.29, 0.717) is 24.2 Å². The zero-order valence-electron chi connectivity index (χ0n) is 15.8. The molecular weight excluding hydrogens is 366 g/mol. The average Bonchev–Trinajstić information content (AvgIpc) is 3.29. The van der Waals surface area contributed by atoms with Crippen molar-refractivity contribution >= 4 is 17.5 Å². The van der Waals surface area contributed by atoms with Gasteiger partial charge in [0.2, 0.25) is 12.5 Å². The molecular formula is C18H24F2N8. The first-order valence-corrected chi connectivity index (χ1v) is 9.27. The van der Waals surface area contributed by atoms with Crippen molar-refractivity contribution in [2.24, 2.45) is 0 Å². The number of rotatable bonds is 9. The van der Waals surface area contributed by atoms with E-state index in [-0.39, 0.29) is 0 Å². The van der Waals surface area contributed by atoms with E-state index in [1.54, 1.807) is 6.20 Å². The van der Waals surface area contributed by atoms with Crippen LogP contribution in [-0.2, 0) is 6.54 Å². The fourth-order valence-corrected chi connectivity index (χ4v) is 3.29. The van der Waals surface area contributed by atoms with Gasteiger partial charge < -0.3 is 15.5 Å². The van der Waals surface area contributed by atoms with Crippen LogP contribution in [0.4, 0.5) is 26.2 Å². The highest BCUT2D eigenvalue weighted by atomic mass is 19.3. The van der Waals surface area contributed by atoms with Crippen LogP contribution in [0.15, 0.2) is 18.6 Å². The Kier molecular flexibility index (Phi) is 6.71. The van der Waals surface area contributed by atoms with Crippen LogP contribution in [0, 0.1) is 13.5 Å². The second-order valence-corrected chi connectivity index (χ2v) is 6.79. The molecule has 0 aromatic carbocycles. The van der Waals surface area contributed by atoms with Crippen molar-refractivity contribution in [1.29, 1.82) is 0 Å². The van der Waals surface area contributed by atoms with E-state index < -0.39 is 13.0 Å². The van der Waals surface area contributed by atoms with Crippen molar-refractivity contribution < 1.29 is 8.78 Å². The lowest BCUT2D eigenvalue weighted by Crippen LogP contribution is -2.36. The molecule has 28 heavy (non-hydrogen) atoms. The first-order chi connectivity index (χ1) is 13.5. The first kappa shape index (κ1) is 19.9. The van der Waals surface area contributed by atoms with Crippen molar-refractivity contribution in [2.45, 2.75) is 38.8 Å². The van der Waals surface area contributed by atoms with Gasteiger partial charge in [0.15, 0.2) is 0 Å². The third-order valence-corrected chi connectivity index (χ3v) is 4.69.